The van der Waals surface area contributed by atoms with Gasteiger partial charge >= 0.3 is 0 Å². The van der Waals surface area contributed by atoms with Gasteiger partial charge in [0.2, 0.25) is 0 Å². The molecule has 0 aromatic heterocycles. The van der Waals surface area contributed by atoms with E-state index in [0.29, 0.717) is 0 Å². The van der Waals surface area contributed by atoms with E-state index in [9.17, 15) is 9.59 Å². The van der Waals surface area contributed by atoms with Crippen LogP contribution in [0.2, 0.25) is 0 Å². The summed E-state index contributed by atoms with van der Waals surface area (Å²) in [5.74, 6) is 0.153. The average Bonchev–Trinajstić information content (AvgIpc) is 2.83. The maximum absolute atomic E-state index is 11.6. The SMILES string of the molecule is CC(=O)c1ccc(-c2ccc3c(c2)Sc2cc(-c4ccc(C(C)=O)cc4)ccc2N3C)cc1. The van der Waals surface area contributed by atoms with E-state index in [1.807, 2.05) is 48.5 Å². The van der Waals surface area contributed by atoms with Crippen molar-refractivity contribution in [2.24, 2.45) is 0 Å². The number of carbonyl (C=O) groups is 2. The van der Waals surface area contributed by atoms with Crippen LogP contribution in [-0.2, 0) is 0 Å². The number of Topliss-reactive ketones (excluding diaryl/α,β-unsaturated/α-hetero) is 2. The molecule has 0 unspecified atom stereocenters. The van der Waals surface area contributed by atoms with Crippen LogP contribution in [0.25, 0.3) is 22.3 Å². The number of benzene rings is 4. The molecular formula is C29H23NO2S. The Labute approximate surface area is 198 Å². The smallest absolute Gasteiger partial charge is 0.159 e. The highest BCUT2D eigenvalue weighted by molar-refractivity contribution is 7.99. The zero-order chi connectivity index (χ0) is 23.1. The van der Waals surface area contributed by atoms with Crippen molar-refractivity contribution in [1.82, 2.24) is 0 Å². The Bertz CT molecular complexity index is 1280. The molecule has 0 spiro atoms. The number of hydrogen-bond acceptors (Lipinski definition) is 4. The summed E-state index contributed by atoms with van der Waals surface area (Å²) in [6.45, 7) is 3.17. The van der Waals surface area contributed by atoms with E-state index in [4.69, 9.17) is 0 Å². The van der Waals surface area contributed by atoms with Crippen molar-refractivity contribution in [1.29, 1.82) is 0 Å². The summed E-state index contributed by atoms with van der Waals surface area (Å²) in [5.41, 5.74) is 8.25. The van der Waals surface area contributed by atoms with Gasteiger partial charge in [0, 0.05) is 28.0 Å². The second kappa shape index (κ2) is 8.38. The number of rotatable bonds is 4. The van der Waals surface area contributed by atoms with E-state index in [0.717, 1.165) is 33.4 Å². The lowest BCUT2D eigenvalue weighted by Crippen LogP contribution is -2.14. The Morgan fingerprint density at radius 2 is 0.939 bits per heavy atom. The fraction of sp³-hybridized carbons (Fsp3) is 0.103. The molecule has 5 rings (SSSR count). The molecule has 33 heavy (non-hydrogen) atoms. The first-order chi connectivity index (χ1) is 15.9. The molecule has 0 saturated carbocycles. The van der Waals surface area contributed by atoms with Gasteiger partial charge < -0.3 is 4.90 Å². The highest BCUT2D eigenvalue weighted by Crippen LogP contribution is 2.49. The molecule has 0 aliphatic carbocycles. The van der Waals surface area contributed by atoms with Gasteiger partial charge in [-0.1, -0.05) is 72.4 Å². The number of carbonyl (C=O) groups excluding carboxylic acids is 2. The topological polar surface area (TPSA) is 37.4 Å². The molecule has 0 bridgehead atoms. The molecule has 1 aliphatic heterocycles. The third kappa shape index (κ3) is 3.98. The zero-order valence-electron chi connectivity index (χ0n) is 18.8. The monoisotopic (exact) mass is 449 g/mol. The van der Waals surface area contributed by atoms with E-state index in [1.165, 1.54) is 21.2 Å². The highest BCUT2D eigenvalue weighted by atomic mass is 32.2. The quantitative estimate of drug-likeness (QED) is 0.300. The predicted octanol–water partition coefficient (Wildman–Crippen LogP) is 7.66. The molecule has 3 nitrogen and oxygen atoms in total. The molecule has 1 aliphatic rings. The van der Waals surface area contributed by atoms with Gasteiger partial charge in [-0.15, -0.1) is 0 Å². The van der Waals surface area contributed by atoms with Crippen molar-refractivity contribution >= 4 is 34.7 Å². The summed E-state index contributed by atoms with van der Waals surface area (Å²) >= 11 is 1.77. The van der Waals surface area contributed by atoms with Gasteiger partial charge in [0.15, 0.2) is 11.6 Å². The molecule has 0 fully saturated rings. The van der Waals surface area contributed by atoms with Crippen molar-refractivity contribution in [2.45, 2.75) is 23.6 Å². The molecule has 4 heteroatoms. The van der Waals surface area contributed by atoms with E-state index >= 15 is 0 Å². The first kappa shape index (κ1) is 21.2. The fourth-order valence-corrected chi connectivity index (χ4v) is 5.38. The van der Waals surface area contributed by atoms with Gasteiger partial charge in [-0.3, -0.25) is 9.59 Å². The second-order valence-electron chi connectivity index (χ2n) is 8.29. The summed E-state index contributed by atoms with van der Waals surface area (Å²) in [5, 5.41) is 0. The van der Waals surface area contributed by atoms with Crippen LogP contribution in [0.1, 0.15) is 34.6 Å². The van der Waals surface area contributed by atoms with Crippen molar-refractivity contribution in [3.05, 3.63) is 96.1 Å². The lowest BCUT2D eigenvalue weighted by Gasteiger charge is -2.30. The van der Waals surface area contributed by atoms with Crippen LogP contribution in [0.15, 0.2) is 94.7 Å². The number of anilines is 2. The molecule has 1 heterocycles. The minimum atomic E-state index is 0.0764. The molecule has 0 amide bonds. The first-order valence-electron chi connectivity index (χ1n) is 10.8. The maximum Gasteiger partial charge on any atom is 0.159 e. The van der Waals surface area contributed by atoms with Gasteiger partial charge in [0.05, 0.1) is 11.4 Å². The minimum Gasteiger partial charge on any atom is -0.343 e. The summed E-state index contributed by atoms with van der Waals surface area (Å²) < 4.78 is 0. The molecule has 0 N–H and O–H groups in total. The summed E-state index contributed by atoms with van der Waals surface area (Å²) in [6.07, 6.45) is 0. The average molecular weight is 450 g/mol. The minimum absolute atomic E-state index is 0.0764. The van der Waals surface area contributed by atoms with Crippen molar-refractivity contribution in [2.75, 3.05) is 11.9 Å². The number of nitrogens with zero attached hydrogens (tertiary/aromatic N) is 1. The van der Waals surface area contributed by atoms with Crippen LogP contribution in [-0.4, -0.2) is 18.6 Å². The van der Waals surface area contributed by atoms with Gasteiger partial charge in [-0.05, 0) is 60.4 Å². The molecule has 4 aromatic carbocycles. The fourth-order valence-electron chi connectivity index (χ4n) is 4.15. The first-order valence-corrected chi connectivity index (χ1v) is 11.6. The van der Waals surface area contributed by atoms with Crippen LogP contribution in [0, 0.1) is 0 Å². The van der Waals surface area contributed by atoms with E-state index in [1.54, 1.807) is 25.6 Å². The van der Waals surface area contributed by atoms with Crippen LogP contribution >= 0.6 is 11.8 Å². The Kier molecular flexibility index (Phi) is 5.39. The van der Waals surface area contributed by atoms with Gasteiger partial charge in [-0.2, -0.15) is 0 Å². The lowest BCUT2D eigenvalue weighted by atomic mass is 10.0. The summed E-state index contributed by atoms with van der Waals surface area (Å²) in [4.78, 5) is 27.8. The summed E-state index contributed by atoms with van der Waals surface area (Å²) in [6, 6.07) is 28.6. The van der Waals surface area contributed by atoms with E-state index < -0.39 is 0 Å². The molecule has 4 aromatic rings. The van der Waals surface area contributed by atoms with Crippen LogP contribution < -0.4 is 4.90 Å². The number of hydrogen-bond donors (Lipinski definition) is 0. The predicted molar refractivity (Wildman–Crippen MR) is 136 cm³/mol. The number of fused-ring (bicyclic) bond motifs is 2. The van der Waals surface area contributed by atoms with Crippen molar-refractivity contribution in [3.63, 3.8) is 0 Å². The standard InChI is InChI=1S/C29H23NO2S/c1-18(31)20-4-8-22(9-5-20)24-12-14-26-28(16-24)33-29-17-25(13-15-27(29)30(26)3)23-10-6-21(7-11-23)19(2)32/h4-17H,1-3H3. The Hall–Kier alpha value is -3.63. The Balaban J connectivity index is 1.48. The molecule has 0 saturated heterocycles. The highest BCUT2D eigenvalue weighted by Gasteiger charge is 2.22. The van der Waals surface area contributed by atoms with Crippen LogP contribution in [0.3, 0.4) is 0 Å². The second-order valence-corrected chi connectivity index (χ2v) is 9.38. The Morgan fingerprint density at radius 3 is 1.30 bits per heavy atom. The van der Waals surface area contributed by atoms with E-state index in [2.05, 4.69) is 48.3 Å². The molecule has 0 atom stereocenters. The lowest BCUT2D eigenvalue weighted by molar-refractivity contribution is 0.100. The maximum atomic E-state index is 11.6. The van der Waals surface area contributed by atoms with Gasteiger partial charge in [0.25, 0.3) is 0 Å². The normalized spacial score (nSPS) is 12.2. The third-order valence-corrected chi connectivity index (χ3v) is 7.21. The van der Waals surface area contributed by atoms with Crippen LogP contribution in [0.5, 0.6) is 0 Å². The summed E-state index contributed by atoms with van der Waals surface area (Å²) in [7, 11) is 2.10. The molecule has 162 valence electrons. The van der Waals surface area contributed by atoms with Gasteiger partial charge in [0.1, 0.15) is 0 Å². The van der Waals surface area contributed by atoms with Gasteiger partial charge in [-0.25, -0.2) is 0 Å². The zero-order valence-corrected chi connectivity index (χ0v) is 19.6. The molecule has 0 radical (unpaired) electrons. The molecular weight excluding hydrogens is 426 g/mol. The van der Waals surface area contributed by atoms with E-state index in [-0.39, 0.29) is 11.6 Å². The largest absolute Gasteiger partial charge is 0.343 e. The number of ketones is 2. The third-order valence-electron chi connectivity index (χ3n) is 6.11. The van der Waals surface area contributed by atoms with Crippen molar-refractivity contribution in [3.8, 4) is 22.3 Å². The Morgan fingerprint density at radius 1 is 0.576 bits per heavy atom. The van der Waals surface area contributed by atoms with Crippen molar-refractivity contribution < 1.29 is 9.59 Å². The van der Waals surface area contributed by atoms with Crippen LogP contribution in [0.4, 0.5) is 11.4 Å².